The normalized spacial score (nSPS) is 0. The molecule has 0 aliphatic heterocycles. The molecule has 0 amide bonds. The minimum atomic E-state index is 0. The first-order chi connectivity index (χ1) is 0. The zero-order valence-corrected chi connectivity index (χ0v) is 9.76. The van der Waals surface area contributed by atoms with Crippen LogP contribution in [0.5, 0.6) is 0 Å². The summed E-state index contributed by atoms with van der Waals surface area (Å²) < 4.78 is 0. The van der Waals surface area contributed by atoms with Crippen LogP contribution in [0.3, 0.4) is 0 Å². The topological polar surface area (TPSA) is 0 Å². The largest absolute Gasteiger partial charge is 2.00 e. The van der Waals surface area contributed by atoms with Crippen molar-refractivity contribution in [3.63, 3.8) is 0 Å². The van der Waals surface area contributed by atoms with Crippen LogP contribution in [0.15, 0.2) is 0 Å². The fraction of sp³-hybridized carbons (Fsp3) is 0. The van der Waals surface area contributed by atoms with Gasteiger partial charge < -0.3 is 22.3 Å². The molecule has 0 fully saturated rings. The van der Waals surface area contributed by atoms with Crippen molar-refractivity contribution in [3.8, 4) is 0 Å². The van der Waals surface area contributed by atoms with Gasteiger partial charge in [-0.15, -0.1) is 0 Å². The summed E-state index contributed by atoms with van der Waals surface area (Å²) in [5.41, 5.74) is 0. The smallest absolute Gasteiger partial charge is 0.358 e. The van der Waals surface area contributed by atoms with Gasteiger partial charge in [0.05, 0.1) is 0 Å². The first kappa shape index (κ1) is 70.9. The van der Waals surface area contributed by atoms with E-state index in [0.717, 1.165) is 0 Å². The van der Waals surface area contributed by atoms with E-state index in [0.29, 0.717) is 0 Å². The van der Waals surface area contributed by atoms with E-state index in [1.54, 1.807) is 0 Å². The van der Waals surface area contributed by atoms with Gasteiger partial charge in [0.2, 0.25) is 0 Å². The second kappa shape index (κ2) is 41.4. The zero-order chi connectivity index (χ0) is 0. The molecule has 0 aliphatic carbocycles. The Hall–Kier alpha value is 1.79. The molecule has 31 valence electrons. The summed E-state index contributed by atoms with van der Waals surface area (Å²) in [6.07, 6.45) is 0. The number of hydrogen-bond donors (Lipinski definition) is 0. The van der Waals surface area contributed by atoms with Crippen LogP contribution in [0, 0.1) is 22.3 Å². The molecule has 0 aromatic rings. The quantitative estimate of drug-likeness (QED) is 0.592. The Kier molecular flexibility index (Phi) is 588. The molecule has 0 atom stereocenters. The Morgan fingerprint density at radius 3 is 0.600 bits per heavy atom. The standard InChI is InChI=1S/3CH3.W.Y/h3*1H3;;/q3*-1;+2;. The average molecular weight is 318 g/mol. The predicted molar refractivity (Wildman–Crippen MR) is 19.2 cm³/mol. The summed E-state index contributed by atoms with van der Waals surface area (Å²) in [6.45, 7) is 0. The summed E-state index contributed by atoms with van der Waals surface area (Å²) in [6, 6.07) is 0. The number of rotatable bonds is 0. The molecule has 5 heavy (non-hydrogen) atoms. The van der Waals surface area contributed by atoms with Crippen LogP contribution in [0.25, 0.3) is 0 Å². The van der Waals surface area contributed by atoms with Gasteiger partial charge in [-0.05, 0) is 0 Å². The van der Waals surface area contributed by atoms with E-state index in [1.165, 1.54) is 0 Å². The van der Waals surface area contributed by atoms with Crippen LogP contribution in [0.2, 0.25) is 0 Å². The van der Waals surface area contributed by atoms with E-state index >= 15 is 0 Å². The Labute approximate surface area is 75.3 Å². The fourth-order valence-corrected chi connectivity index (χ4v) is 0. The maximum atomic E-state index is 0. The molecule has 0 unspecified atom stereocenters. The van der Waals surface area contributed by atoms with Gasteiger partial charge in [0.15, 0.2) is 0 Å². The van der Waals surface area contributed by atoms with Crippen LogP contribution in [-0.4, -0.2) is 0 Å². The molecule has 0 aromatic heterocycles. The Bertz CT molecular complexity index is 6.85. The van der Waals surface area contributed by atoms with Crippen molar-refractivity contribution in [3.05, 3.63) is 22.3 Å². The van der Waals surface area contributed by atoms with E-state index < -0.39 is 0 Å². The fourth-order valence-electron chi connectivity index (χ4n) is 0. The summed E-state index contributed by atoms with van der Waals surface area (Å²) in [5, 5.41) is 0. The molecule has 0 N–H and O–H groups in total. The van der Waals surface area contributed by atoms with Gasteiger partial charge >= 0.3 is 21.1 Å². The van der Waals surface area contributed by atoms with Gasteiger partial charge in [0.25, 0.3) is 0 Å². The maximum absolute atomic E-state index is 0. The Balaban J connectivity index is 0. The molecule has 1 radical (unpaired) electrons. The molecule has 0 saturated carbocycles. The predicted octanol–water partition coefficient (Wildman–Crippen LogP) is 1.35. The maximum Gasteiger partial charge on any atom is 2.00 e. The molecule has 0 rings (SSSR count). The zero-order valence-electron chi connectivity index (χ0n) is 3.99. The molecule has 0 nitrogen and oxygen atoms in total. The van der Waals surface area contributed by atoms with Gasteiger partial charge in [0.1, 0.15) is 0 Å². The molecular formula is C3H9WY-. The van der Waals surface area contributed by atoms with Crippen molar-refractivity contribution < 1.29 is 53.8 Å². The van der Waals surface area contributed by atoms with Gasteiger partial charge in [-0.2, -0.15) is 0 Å². The molecule has 0 saturated heterocycles. The Morgan fingerprint density at radius 2 is 0.600 bits per heavy atom. The van der Waals surface area contributed by atoms with E-state index in [2.05, 4.69) is 0 Å². The van der Waals surface area contributed by atoms with Crippen LogP contribution in [-0.2, 0) is 53.8 Å². The summed E-state index contributed by atoms with van der Waals surface area (Å²) in [4.78, 5) is 0. The van der Waals surface area contributed by atoms with Crippen molar-refractivity contribution in [2.45, 2.75) is 0 Å². The molecule has 0 bridgehead atoms. The third-order valence-corrected chi connectivity index (χ3v) is 0. The first-order valence-corrected chi connectivity index (χ1v) is 0. The van der Waals surface area contributed by atoms with Gasteiger partial charge in [-0.3, -0.25) is 0 Å². The van der Waals surface area contributed by atoms with Crippen LogP contribution < -0.4 is 0 Å². The van der Waals surface area contributed by atoms with Crippen LogP contribution in [0.1, 0.15) is 0 Å². The molecule has 0 spiro atoms. The van der Waals surface area contributed by atoms with E-state index in [9.17, 15) is 0 Å². The average Bonchev–Trinajstić information content (AvgIpc) is 0. The SMILES string of the molecule is [CH3-].[CH3-].[CH3-].[W+2].[Y]. The van der Waals surface area contributed by atoms with Gasteiger partial charge in [-0.1, -0.05) is 0 Å². The van der Waals surface area contributed by atoms with Gasteiger partial charge in [-0.25, -0.2) is 0 Å². The minimum absolute atomic E-state index is 0. The summed E-state index contributed by atoms with van der Waals surface area (Å²) in [5.74, 6) is 0. The first-order valence-electron chi connectivity index (χ1n) is 0. The van der Waals surface area contributed by atoms with Crippen LogP contribution >= 0.6 is 0 Å². The number of hydrogen-bond acceptors (Lipinski definition) is 0. The molecular weight excluding hydrogens is 309 g/mol. The Morgan fingerprint density at radius 1 is 0.600 bits per heavy atom. The van der Waals surface area contributed by atoms with Crippen molar-refractivity contribution in [2.24, 2.45) is 0 Å². The second-order valence-corrected chi connectivity index (χ2v) is 0. The molecule has 0 heterocycles. The van der Waals surface area contributed by atoms with Crippen molar-refractivity contribution in [1.29, 1.82) is 0 Å². The summed E-state index contributed by atoms with van der Waals surface area (Å²) in [7, 11) is 0. The third-order valence-electron chi connectivity index (χ3n) is 0. The molecule has 2 heteroatoms. The molecule has 0 aliphatic rings. The second-order valence-electron chi connectivity index (χ2n) is 0. The summed E-state index contributed by atoms with van der Waals surface area (Å²) >= 11 is 0. The van der Waals surface area contributed by atoms with E-state index in [1.807, 2.05) is 0 Å². The van der Waals surface area contributed by atoms with E-state index in [4.69, 9.17) is 0 Å². The molecule has 0 aromatic carbocycles. The van der Waals surface area contributed by atoms with Gasteiger partial charge in [0, 0.05) is 32.7 Å². The third kappa shape index (κ3) is 25.9. The van der Waals surface area contributed by atoms with Crippen LogP contribution in [0.4, 0.5) is 0 Å². The van der Waals surface area contributed by atoms with Crippen molar-refractivity contribution >= 4 is 0 Å². The minimum Gasteiger partial charge on any atom is -0.358 e. The monoisotopic (exact) mass is 318 g/mol. The van der Waals surface area contributed by atoms with E-state index in [-0.39, 0.29) is 76.1 Å². The van der Waals surface area contributed by atoms with Crippen molar-refractivity contribution in [1.82, 2.24) is 0 Å². The van der Waals surface area contributed by atoms with Crippen molar-refractivity contribution in [2.75, 3.05) is 0 Å².